The Balaban J connectivity index is 3.06. The van der Waals surface area contributed by atoms with E-state index in [9.17, 15) is 4.21 Å². The van der Waals surface area contributed by atoms with Gasteiger partial charge in [-0.1, -0.05) is 19.4 Å². The van der Waals surface area contributed by atoms with Gasteiger partial charge in [-0.25, -0.2) is 0 Å². The third-order valence-corrected chi connectivity index (χ3v) is 3.87. The van der Waals surface area contributed by atoms with Crippen LogP contribution in [0, 0.1) is 6.92 Å². The fourth-order valence-corrected chi connectivity index (χ4v) is 2.30. The lowest BCUT2D eigenvalue weighted by molar-refractivity contribution is 0.684. The van der Waals surface area contributed by atoms with Gasteiger partial charge in [-0.2, -0.15) is 0 Å². The molecule has 0 radical (unpaired) electrons. The second-order valence-corrected chi connectivity index (χ2v) is 6.68. The summed E-state index contributed by atoms with van der Waals surface area (Å²) in [7, 11) is -2.07. The minimum absolute atomic E-state index is 0.874. The van der Waals surface area contributed by atoms with Crippen molar-refractivity contribution in [1.82, 2.24) is 0 Å². The van der Waals surface area contributed by atoms with E-state index in [1.165, 1.54) is 24.0 Å². The monoisotopic (exact) mass is 224 g/mol. The summed E-state index contributed by atoms with van der Waals surface area (Å²) >= 11 is 0. The van der Waals surface area contributed by atoms with E-state index in [1.54, 1.807) is 6.26 Å². The lowest BCUT2D eigenvalue weighted by Crippen LogP contribution is -1.99. The number of aryl methyl sites for hydroxylation is 2. The Bertz CT molecular complexity index is 430. The Hall–Kier alpha value is -0.760. The van der Waals surface area contributed by atoms with Crippen LogP contribution >= 0.6 is 0 Å². The number of rotatable bonds is 4. The average Bonchev–Trinajstić information content (AvgIpc) is 2.15. The molecule has 0 aromatic heterocycles. The van der Waals surface area contributed by atoms with Crippen LogP contribution in [0.25, 0.3) is 0 Å². The standard InChI is InChI=1S/C13H20OS/c1-5-6-7-12-10-13(15(3,4)14)9-8-11(12)2/h8-10H,3,5-7H2,1-2,4H3. The van der Waals surface area contributed by atoms with Gasteiger partial charge in [0.15, 0.2) is 0 Å². The molecule has 1 rings (SSSR count). The van der Waals surface area contributed by atoms with Crippen LogP contribution in [0.15, 0.2) is 23.1 Å². The fourth-order valence-electron chi connectivity index (χ4n) is 1.55. The highest BCUT2D eigenvalue weighted by molar-refractivity contribution is 7.99. The van der Waals surface area contributed by atoms with Crippen LogP contribution in [0.2, 0.25) is 0 Å². The van der Waals surface area contributed by atoms with Gasteiger partial charge in [0.2, 0.25) is 0 Å². The zero-order valence-corrected chi connectivity index (χ0v) is 10.7. The number of hydrogen-bond donors (Lipinski definition) is 0. The van der Waals surface area contributed by atoms with Gasteiger partial charge in [0, 0.05) is 11.2 Å². The van der Waals surface area contributed by atoms with Crippen LogP contribution in [0.3, 0.4) is 0 Å². The summed E-state index contributed by atoms with van der Waals surface area (Å²) in [5.74, 6) is 3.72. The summed E-state index contributed by atoms with van der Waals surface area (Å²) in [5, 5.41) is 0. The highest BCUT2D eigenvalue weighted by Gasteiger charge is 2.04. The van der Waals surface area contributed by atoms with E-state index in [4.69, 9.17) is 0 Å². The molecule has 0 bridgehead atoms. The minimum Gasteiger partial charge on any atom is -0.263 e. The molecule has 1 unspecified atom stereocenters. The van der Waals surface area contributed by atoms with Crippen molar-refractivity contribution >= 4 is 15.4 Å². The second kappa shape index (κ2) is 4.84. The molecule has 0 aliphatic heterocycles. The predicted octanol–water partition coefficient (Wildman–Crippen LogP) is 3.04. The molecule has 0 fully saturated rings. The maximum Gasteiger partial charge on any atom is 0.0305 e. The van der Waals surface area contributed by atoms with Crippen molar-refractivity contribution in [2.75, 3.05) is 6.26 Å². The normalized spacial score (nSPS) is 14.9. The molecule has 15 heavy (non-hydrogen) atoms. The highest BCUT2D eigenvalue weighted by atomic mass is 32.2. The smallest absolute Gasteiger partial charge is 0.0305 e. The Labute approximate surface area is 93.5 Å². The summed E-state index contributed by atoms with van der Waals surface area (Å²) < 4.78 is 11.8. The fraction of sp³-hybridized carbons (Fsp3) is 0.462. The van der Waals surface area contributed by atoms with Crippen LogP contribution in [0.1, 0.15) is 30.9 Å². The number of benzene rings is 1. The molecule has 0 aliphatic carbocycles. The Morgan fingerprint density at radius 3 is 2.60 bits per heavy atom. The van der Waals surface area contributed by atoms with Crippen LogP contribution in [0.5, 0.6) is 0 Å². The maximum atomic E-state index is 11.8. The first-order chi connectivity index (χ1) is 6.95. The van der Waals surface area contributed by atoms with Crippen molar-refractivity contribution in [3.05, 3.63) is 29.3 Å². The van der Waals surface area contributed by atoms with Gasteiger partial charge in [0.25, 0.3) is 0 Å². The van der Waals surface area contributed by atoms with Crippen LogP contribution < -0.4 is 0 Å². The van der Waals surface area contributed by atoms with Crippen LogP contribution in [-0.4, -0.2) is 16.3 Å². The van der Waals surface area contributed by atoms with Gasteiger partial charge in [-0.15, -0.1) is 0 Å². The first-order valence-corrected chi connectivity index (χ1v) is 7.50. The lowest BCUT2D eigenvalue weighted by Gasteiger charge is -2.09. The quantitative estimate of drug-likeness (QED) is 0.718. The van der Waals surface area contributed by atoms with Crippen molar-refractivity contribution in [1.29, 1.82) is 0 Å². The molecule has 0 spiro atoms. The molecular formula is C13H20OS. The van der Waals surface area contributed by atoms with E-state index in [-0.39, 0.29) is 0 Å². The molecular weight excluding hydrogens is 204 g/mol. The van der Waals surface area contributed by atoms with Gasteiger partial charge in [-0.05, 0) is 58.4 Å². The molecule has 0 heterocycles. The molecule has 1 aromatic rings. The topological polar surface area (TPSA) is 17.1 Å². The van der Waals surface area contributed by atoms with Crippen LogP contribution in [0.4, 0.5) is 0 Å². The Morgan fingerprint density at radius 1 is 1.40 bits per heavy atom. The SMILES string of the molecule is C=S(C)(=O)c1ccc(C)c(CCCC)c1. The van der Waals surface area contributed by atoms with Crippen molar-refractivity contribution in [3.8, 4) is 0 Å². The predicted molar refractivity (Wildman–Crippen MR) is 69.2 cm³/mol. The van der Waals surface area contributed by atoms with E-state index in [2.05, 4.69) is 31.9 Å². The van der Waals surface area contributed by atoms with Crippen molar-refractivity contribution in [2.45, 2.75) is 38.0 Å². The van der Waals surface area contributed by atoms with Gasteiger partial charge in [0.1, 0.15) is 0 Å². The molecule has 84 valence electrons. The summed E-state index contributed by atoms with van der Waals surface area (Å²) in [6, 6.07) is 6.04. The largest absolute Gasteiger partial charge is 0.263 e. The summed E-state index contributed by atoms with van der Waals surface area (Å²) in [6.45, 7) is 4.29. The lowest BCUT2D eigenvalue weighted by atomic mass is 10.0. The van der Waals surface area contributed by atoms with E-state index in [0.29, 0.717) is 0 Å². The minimum atomic E-state index is -2.07. The van der Waals surface area contributed by atoms with E-state index < -0.39 is 9.52 Å². The molecule has 0 aliphatic rings. The molecule has 0 N–H and O–H groups in total. The molecule has 2 heteroatoms. The van der Waals surface area contributed by atoms with Gasteiger partial charge < -0.3 is 0 Å². The maximum absolute atomic E-state index is 11.8. The summed E-state index contributed by atoms with van der Waals surface area (Å²) in [5.41, 5.74) is 2.60. The van der Waals surface area contributed by atoms with Gasteiger partial charge >= 0.3 is 0 Å². The third-order valence-electron chi connectivity index (χ3n) is 2.62. The Morgan fingerprint density at radius 2 is 2.07 bits per heavy atom. The summed E-state index contributed by atoms with van der Waals surface area (Å²) in [6.07, 6.45) is 5.15. The van der Waals surface area contributed by atoms with E-state index >= 15 is 0 Å². The highest BCUT2D eigenvalue weighted by Crippen LogP contribution is 2.17. The molecule has 0 saturated heterocycles. The zero-order valence-electron chi connectivity index (χ0n) is 9.88. The van der Waals surface area contributed by atoms with Crippen LogP contribution in [-0.2, 0) is 15.9 Å². The van der Waals surface area contributed by atoms with E-state index in [0.717, 1.165) is 11.3 Å². The van der Waals surface area contributed by atoms with Crippen molar-refractivity contribution in [3.63, 3.8) is 0 Å². The Kier molecular flexibility index (Phi) is 3.97. The summed E-state index contributed by atoms with van der Waals surface area (Å²) in [4.78, 5) is 0.874. The molecule has 0 amide bonds. The van der Waals surface area contributed by atoms with Gasteiger partial charge in [-0.3, -0.25) is 4.21 Å². The number of hydrogen-bond acceptors (Lipinski definition) is 1. The molecule has 1 aromatic carbocycles. The first kappa shape index (κ1) is 12.3. The first-order valence-electron chi connectivity index (χ1n) is 5.37. The van der Waals surface area contributed by atoms with E-state index in [1.807, 2.05) is 6.07 Å². The average molecular weight is 224 g/mol. The van der Waals surface area contributed by atoms with Crippen molar-refractivity contribution in [2.24, 2.45) is 0 Å². The van der Waals surface area contributed by atoms with Gasteiger partial charge in [0.05, 0.1) is 0 Å². The zero-order chi connectivity index (χ0) is 11.5. The second-order valence-electron chi connectivity index (χ2n) is 4.20. The molecule has 0 saturated carbocycles. The third kappa shape index (κ3) is 3.38. The molecule has 1 nitrogen and oxygen atoms in total. The molecule has 1 atom stereocenters. The number of unbranched alkanes of at least 4 members (excludes halogenated alkanes) is 1. The van der Waals surface area contributed by atoms with Crippen molar-refractivity contribution < 1.29 is 4.21 Å².